The molecule has 8 aromatic carbocycles. The predicted molar refractivity (Wildman–Crippen MR) is 226 cm³/mol. The van der Waals surface area contributed by atoms with Gasteiger partial charge < -0.3 is 18.2 Å². The summed E-state index contributed by atoms with van der Waals surface area (Å²) < 4.78 is 20.2. The summed E-state index contributed by atoms with van der Waals surface area (Å²) in [6, 6.07) is 57.9. The fourth-order valence-electron chi connectivity index (χ4n) is 9.28. The van der Waals surface area contributed by atoms with Crippen molar-refractivity contribution >= 4 is 82.9 Å². The summed E-state index contributed by atoms with van der Waals surface area (Å²) in [6.45, 7) is 4.66. The Hall–Kier alpha value is -7.04. The van der Waals surface area contributed by atoms with Crippen LogP contribution < -0.4 is 4.90 Å². The van der Waals surface area contributed by atoms with Crippen molar-refractivity contribution in [1.82, 2.24) is 0 Å². The smallest absolute Gasteiger partial charge is 0.159 e. The Kier molecular flexibility index (Phi) is 6.09. The van der Waals surface area contributed by atoms with Crippen LogP contribution in [0.1, 0.15) is 25.0 Å². The van der Waals surface area contributed by atoms with Crippen molar-refractivity contribution in [2.45, 2.75) is 19.3 Å². The topological polar surface area (TPSA) is 42.7 Å². The van der Waals surface area contributed by atoms with Crippen LogP contribution in [0, 0.1) is 0 Å². The lowest BCUT2D eigenvalue weighted by Gasteiger charge is -2.28. The standard InChI is InChI=1S/C51H33NO3/c1-51(2)40-20-8-6-15-33(40)34-26-25-31(27-41(34)51)52(43-22-11-19-36-35-16-7-9-23-44(35)54-50(36)43)42-21-12-24-45-48(42)39-29-46-38(28-47(39)53-45)37-18-10-17-32(49(37)55-46)30-13-4-3-5-14-30/h3-29H,1-2H3. The van der Waals surface area contributed by atoms with Gasteiger partial charge in [0.2, 0.25) is 0 Å². The number of anilines is 3. The van der Waals surface area contributed by atoms with Gasteiger partial charge in [-0.2, -0.15) is 0 Å². The Morgan fingerprint density at radius 1 is 0.400 bits per heavy atom. The average molecular weight is 708 g/mol. The van der Waals surface area contributed by atoms with Gasteiger partial charge >= 0.3 is 0 Å². The highest BCUT2D eigenvalue weighted by Gasteiger charge is 2.36. The van der Waals surface area contributed by atoms with Gasteiger partial charge in [0.25, 0.3) is 0 Å². The molecule has 0 bridgehead atoms. The quantitative estimate of drug-likeness (QED) is 0.183. The Morgan fingerprint density at radius 2 is 1.04 bits per heavy atom. The zero-order valence-electron chi connectivity index (χ0n) is 30.3. The molecular formula is C51H33NO3. The van der Waals surface area contributed by atoms with E-state index in [1.165, 1.54) is 22.3 Å². The highest BCUT2D eigenvalue weighted by Crippen LogP contribution is 2.53. The van der Waals surface area contributed by atoms with Crippen LogP contribution in [0.5, 0.6) is 0 Å². The van der Waals surface area contributed by atoms with E-state index < -0.39 is 0 Å². The molecule has 260 valence electrons. The highest BCUT2D eigenvalue weighted by molar-refractivity contribution is 6.20. The van der Waals surface area contributed by atoms with Gasteiger partial charge in [0.1, 0.15) is 27.9 Å². The molecule has 0 N–H and O–H groups in total. The fraction of sp³-hybridized carbons (Fsp3) is 0.0588. The fourth-order valence-corrected chi connectivity index (χ4v) is 9.28. The van der Waals surface area contributed by atoms with E-state index in [4.69, 9.17) is 13.3 Å². The molecule has 0 spiro atoms. The minimum atomic E-state index is -0.168. The molecule has 55 heavy (non-hydrogen) atoms. The summed E-state index contributed by atoms with van der Waals surface area (Å²) in [5.41, 5.74) is 15.3. The molecule has 0 amide bonds. The summed E-state index contributed by atoms with van der Waals surface area (Å²) in [5, 5.41) is 6.28. The first-order valence-corrected chi connectivity index (χ1v) is 18.8. The van der Waals surface area contributed by atoms with Crippen molar-refractivity contribution < 1.29 is 13.3 Å². The van der Waals surface area contributed by atoms with Gasteiger partial charge in [-0.25, -0.2) is 0 Å². The van der Waals surface area contributed by atoms with Crippen molar-refractivity contribution in [2.75, 3.05) is 4.90 Å². The SMILES string of the molecule is CC1(C)c2ccccc2-c2ccc(N(c3cccc4c3oc3ccccc34)c3cccc4oc5cc6c(cc5c34)oc3c(-c4ccccc4)cccc36)cc21. The second-order valence-electron chi connectivity index (χ2n) is 15.2. The molecule has 0 radical (unpaired) electrons. The molecule has 0 unspecified atom stereocenters. The van der Waals surface area contributed by atoms with E-state index in [0.29, 0.717) is 0 Å². The molecule has 0 saturated carbocycles. The number of furan rings is 3. The molecule has 1 aliphatic rings. The normalized spacial score (nSPS) is 13.4. The van der Waals surface area contributed by atoms with Gasteiger partial charge in [0.05, 0.1) is 16.8 Å². The van der Waals surface area contributed by atoms with Crippen molar-refractivity contribution in [3.05, 3.63) is 175 Å². The number of rotatable bonds is 4. The summed E-state index contributed by atoms with van der Waals surface area (Å²) in [6.07, 6.45) is 0. The van der Waals surface area contributed by atoms with E-state index >= 15 is 0 Å². The van der Waals surface area contributed by atoms with Crippen molar-refractivity contribution in [3.63, 3.8) is 0 Å². The molecule has 4 heteroatoms. The number of nitrogens with zero attached hydrogens (tertiary/aromatic N) is 1. The maximum Gasteiger partial charge on any atom is 0.159 e. The molecule has 0 aliphatic heterocycles. The van der Waals surface area contributed by atoms with Crippen LogP contribution in [-0.2, 0) is 5.41 Å². The molecule has 3 aromatic heterocycles. The van der Waals surface area contributed by atoms with E-state index in [1.807, 2.05) is 18.2 Å². The van der Waals surface area contributed by atoms with Crippen LogP contribution in [0.2, 0.25) is 0 Å². The van der Waals surface area contributed by atoms with E-state index in [2.05, 4.69) is 164 Å². The Bertz CT molecular complexity index is 3360. The second-order valence-corrected chi connectivity index (χ2v) is 15.2. The van der Waals surface area contributed by atoms with Gasteiger partial charge in [0, 0.05) is 43.6 Å². The Labute approximate surface area is 316 Å². The third-order valence-corrected chi connectivity index (χ3v) is 11.9. The molecule has 11 aromatic rings. The first-order valence-electron chi connectivity index (χ1n) is 18.8. The molecule has 4 nitrogen and oxygen atoms in total. The van der Waals surface area contributed by atoms with Gasteiger partial charge in [-0.3, -0.25) is 0 Å². The number of hydrogen-bond acceptors (Lipinski definition) is 4. The van der Waals surface area contributed by atoms with Crippen LogP contribution in [0.15, 0.2) is 177 Å². The minimum Gasteiger partial charge on any atom is -0.456 e. The lowest BCUT2D eigenvalue weighted by molar-refractivity contribution is 0.660. The van der Waals surface area contributed by atoms with Crippen LogP contribution >= 0.6 is 0 Å². The Balaban J connectivity index is 1.14. The summed E-state index contributed by atoms with van der Waals surface area (Å²) >= 11 is 0. The van der Waals surface area contributed by atoms with Crippen molar-refractivity contribution in [3.8, 4) is 22.3 Å². The lowest BCUT2D eigenvalue weighted by Crippen LogP contribution is -2.16. The van der Waals surface area contributed by atoms with Gasteiger partial charge in [-0.15, -0.1) is 0 Å². The second kappa shape index (κ2) is 11.0. The van der Waals surface area contributed by atoms with Crippen LogP contribution in [0.3, 0.4) is 0 Å². The van der Waals surface area contributed by atoms with Gasteiger partial charge in [-0.05, 0) is 76.3 Å². The lowest BCUT2D eigenvalue weighted by atomic mass is 9.82. The molecule has 0 atom stereocenters. The van der Waals surface area contributed by atoms with Crippen LogP contribution in [0.25, 0.3) is 88.1 Å². The van der Waals surface area contributed by atoms with Gasteiger partial charge in [0.15, 0.2) is 5.58 Å². The van der Waals surface area contributed by atoms with Crippen LogP contribution in [0.4, 0.5) is 17.1 Å². The molecule has 0 fully saturated rings. The number of para-hydroxylation sites is 3. The molecule has 1 aliphatic carbocycles. The molecule has 0 saturated heterocycles. The third kappa shape index (κ3) is 4.22. The molecule has 3 heterocycles. The summed E-state index contributed by atoms with van der Waals surface area (Å²) in [4.78, 5) is 2.36. The maximum atomic E-state index is 6.76. The Morgan fingerprint density at radius 3 is 1.95 bits per heavy atom. The first-order chi connectivity index (χ1) is 27.0. The monoisotopic (exact) mass is 707 g/mol. The van der Waals surface area contributed by atoms with E-state index in [9.17, 15) is 0 Å². The van der Waals surface area contributed by atoms with E-state index in [1.54, 1.807) is 0 Å². The maximum absolute atomic E-state index is 6.76. The zero-order chi connectivity index (χ0) is 36.4. The van der Waals surface area contributed by atoms with E-state index in [0.717, 1.165) is 94.0 Å². The average Bonchev–Trinajstić information content (AvgIpc) is 3.96. The van der Waals surface area contributed by atoms with E-state index in [-0.39, 0.29) is 5.41 Å². The third-order valence-electron chi connectivity index (χ3n) is 11.9. The summed E-state index contributed by atoms with van der Waals surface area (Å²) in [5.74, 6) is 0. The molecular weight excluding hydrogens is 675 g/mol. The number of fused-ring (bicyclic) bond motifs is 12. The minimum absolute atomic E-state index is 0.168. The highest BCUT2D eigenvalue weighted by atomic mass is 16.3. The van der Waals surface area contributed by atoms with Crippen molar-refractivity contribution in [1.29, 1.82) is 0 Å². The molecule has 12 rings (SSSR count). The van der Waals surface area contributed by atoms with Crippen LogP contribution in [-0.4, -0.2) is 0 Å². The van der Waals surface area contributed by atoms with Crippen molar-refractivity contribution in [2.24, 2.45) is 0 Å². The summed E-state index contributed by atoms with van der Waals surface area (Å²) in [7, 11) is 0. The zero-order valence-corrected chi connectivity index (χ0v) is 30.3. The largest absolute Gasteiger partial charge is 0.456 e. The number of benzene rings is 8. The first kappa shape index (κ1) is 30.4. The predicted octanol–water partition coefficient (Wildman–Crippen LogP) is 14.8. The number of hydrogen-bond donors (Lipinski definition) is 0. The van der Waals surface area contributed by atoms with Gasteiger partial charge in [-0.1, -0.05) is 129 Å².